The van der Waals surface area contributed by atoms with Gasteiger partial charge in [0.05, 0.1) is 0 Å². The third-order valence-electron chi connectivity index (χ3n) is 3.75. The lowest BCUT2D eigenvalue weighted by atomic mass is 10.0. The number of hydrogen-bond acceptors (Lipinski definition) is 10. The lowest BCUT2D eigenvalue weighted by Crippen LogP contribution is -2.71. The van der Waals surface area contributed by atoms with Gasteiger partial charge in [-0.15, -0.1) is 11.8 Å². The Balaban J connectivity index is 1.79. The SMILES string of the molecule is CO/N=C(\C(=O)N[C@@H]1C(=O)N2C(C(=O)O)=C(CI)CS[C@@H]12)c1nsc(N)n1. The zero-order valence-electron chi connectivity index (χ0n) is 13.7. The molecule has 0 saturated carbocycles. The van der Waals surface area contributed by atoms with E-state index in [1.54, 1.807) is 0 Å². The predicted octanol–water partition coefficient (Wildman–Crippen LogP) is -0.356. The molecular formula is C13H13IN6O5S2. The molecule has 1 fully saturated rings. The zero-order valence-corrected chi connectivity index (χ0v) is 17.5. The molecule has 27 heavy (non-hydrogen) atoms. The number of nitrogens with one attached hydrogen (secondary N) is 1. The molecule has 2 atom stereocenters. The molecule has 144 valence electrons. The van der Waals surface area contributed by atoms with Gasteiger partial charge in [0, 0.05) is 21.7 Å². The fraction of sp³-hybridized carbons (Fsp3) is 0.385. The van der Waals surface area contributed by atoms with Gasteiger partial charge in [0.25, 0.3) is 11.8 Å². The van der Waals surface area contributed by atoms with Gasteiger partial charge in [-0.1, -0.05) is 27.7 Å². The maximum absolute atomic E-state index is 12.6. The molecule has 2 amide bonds. The summed E-state index contributed by atoms with van der Waals surface area (Å²) in [6.45, 7) is 0. The maximum atomic E-state index is 12.6. The first kappa shape index (κ1) is 19.8. The molecule has 3 rings (SSSR count). The Morgan fingerprint density at radius 3 is 2.85 bits per heavy atom. The van der Waals surface area contributed by atoms with Gasteiger partial charge in [-0.2, -0.15) is 9.36 Å². The number of aromatic nitrogens is 2. The summed E-state index contributed by atoms with van der Waals surface area (Å²) in [6, 6.07) is -0.884. The van der Waals surface area contributed by atoms with Crippen LogP contribution in [0, 0.1) is 0 Å². The van der Waals surface area contributed by atoms with E-state index in [1.807, 2.05) is 0 Å². The lowest BCUT2D eigenvalue weighted by molar-refractivity contribution is -0.150. The molecule has 1 aromatic rings. The van der Waals surface area contributed by atoms with E-state index in [2.05, 4.69) is 47.3 Å². The van der Waals surface area contributed by atoms with Crippen molar-refractivity contribution in [1.82, 2.24) is 19.6 Å². The quantitative estimate of drug-likeness (QED) is 0.149. The van der Waals surface area contributed by atoms with Gasteiger partial charge in [0.15, 0.2) is 5.13 Å². The smallest absolute Gasteiger partial charge is 0.352 e. The number of thioether (sulfide) groups is 1. The standard InChI is InChI=1S/C13H13IN6O5S2/c1-25-18-5(8-17-13(15)27-19-8)9(21)16-6-10(22)20-7(12(23)24)4(2-14)3-26-11(6)20/h6,11H,2-3H2,1H3,(H,16,21)(H,23,24)(H2,15,17,19)/b18-5-/t6-,11+/m1/s1. The highest BCUT2D eigenvalue weighted by atomic mass is 127. The number of carboxylic acids is 1. The number of amides is 2. The number of fused-ring (bicyclic) bond motifs is 1. The number of anilines is 1. The Kier molecular flexibility index (Phi) is 5.85. The van der Waals surface area contributed by atoms with Crippen molar-refractivity contribution >= 4 is 74.5 Å². The van der Waals surface area contributed by atoms with Crippen LogP contribution < -0.4 is 11.1 Å². The third-order valence-corrected chi connectivity index (χ3v) is 6.55. The van der Waals surface area contributed by atoms with Gasteiger partial charge in [-0.25, -0.2) is 4.79 Å². The first-order valence-electron chi connectivity index (χ1n) is 7.36. The van der Waals surface area contributed by atoms with Gasteiger partial charge in [0.1, 0.15) is 24.2 Å². The monoisotopic (exact) mass is 524 g/mol. The summed E-state index contributed by atoms with van der Waals surface area (Å²) < 4.78 is 4.41. The molecule has 11 nitrogen and oxygen atoms in total. The number of carboxylic acid groups (broad SMARTS) is 1. The molecule has 0 aromatic carbocycles. The van der Waals surface area contributed by atoms with Crippen molar-refractivity contribution in [3.05, 3.63) is 17.1 Å². The molecule has 0 bridgehead atoms. The summed E-state index contributed by atoms with van der Waals surface area (Å²) in [5, 5.41) is 15.3. The van der Waals surface area contributed by atoms with Crippen molar-refractivity contribution in [2.75, 3.05) is 23.0 Å². The van der Waals surface area contributed by atoms with Crippen molar-refractivity contribution in [3.63, 3.8) is 0 Å². The fourth-order valence-electron chi connectivity index (χ4n) is 2.60. The Labute approximate surface area is 174 Å². The first-order chi connectivity index (χ1) is 12.9. The summed E-state index contributed by atoms with van der Waals surface area (Å²) in [4.78, 5) is 46.4. The minimum Gasteiger partial charge on any atom is -0.477 e. The number of alkyl halides is 1. The minimum atomic E-state index is -1.16. The number of carbonyl (C=O) groups is 3. The second kappa shape index (κ2) is 7.97. The van der Waals surface area contributed by atoms with Crippen LogP contribution in [0.1, 0.15) is 5.82 Å². The normalized spacial score (nSPS) is 22.2. The zero-order chi connectivity index (χ0) is 19.7. The third kappa shape index (κ3) is 3.60. The largest absolute Gasteiger partial charge is 0.477 e. The summed E-state index contributed by atoms with van der Waals surface area (Å²) in [6.07, 6.45) is 0. The molecule has 2 aliphatic rings. The Morgan fingerprint density at radius 2 is 2.30 bits per heavy atom. The Morgan fingerprint density at radius 1 is 1.56 bits per heavy atom. The van der Waals surface area contributed by atoms with Crippen LogP contribution in [0.2, 0.25) is 0 Å². The molecule has 1 saturated heterocycles. The number of hydrogen-bond donors (Lipinski definition) is 3. The molecule has 0 unspecified atom stereocenters. The molecular weight excluding hydrogens is 511 g/mol. The van der Waals surface area contributed by atoms with Crippen molar-refractivity contribution in [2.45, 2.75) is 11.4 Å². The van der Waals surface area contributed by atoms with Crippen molar-refractivity contribution in [3.8, 4) is 0 Å². The number of rotatable bonds is 6. The van der Waals surface area contributed by atoms with Crippen LogP contribution in [0.4, 0.5) is 5.13 Å². The molecule has 4 N–H and O–H groups in total. The van der Waals surface area contributed by atoms with E-state index in [9.17, 15) is 19.5 Å². The summed E-state index contributed by atoms with van der Waals surface area (Å²) >= 11 is 4.34. The van der Waals surface area contributed by atoms with E-state index < -0.39 is 29.2 Å². The van der Waals surface area contributed by atoms with E-state index >= 15 is 0 Å². The molecule has 14 heteroatoms. The minimum absolute atomic E-state index is 0.0108. The van der Waals surface area contributed by atoms with Crippen LogP contribution >= 0.6 is 45.9 Å². The number of carbonyl (C=O) groups excluding carboxylic acids is 2. The molecule has 0 aliphatic carbocycles. The fourth-order valence-corrected chi connectivity index (χ4v) is 5.38. The molecule has 2 aliphatic heterocycles. The van der Waals surface area contributed by atoms with E-state index in [1.165, 1.54) is 23.8 Å². The van der Waals surface area contributed by atoms with Crippen LogP contribution in [0.25, 0.3) is 0 Å². The number of aliphatic carboxylic acids is 1. The van der Waals surface area contributed by atoms with E-state index in [0.29, 0.717) is 15.8 Å². The number of β-lactam (4-membered cyclic amide) rings is 1. The Bertz CT molecular complexity index is 871. The van der Waals surface area contributed by atoms with E-state index in [4.69, 9.17) is 5.73 Å². The highest BCUT2D eigenvalue weighted by Gasteiger charge is 2.54. The lowest BCUT2D eigenvalue weighted by Gasteiger charge is -2.49. The second-order valence-corrected chi connectivity index (χ2v) is 7.98. The summed E-state index contributed by atoms with van der Waals surface area (Å²) in [7, 11) is 1.26. The average Bonchev–Trinajstić information content (AvgIpc) is 3.08. The number of oxime groups is 1. The van der Waals surface area contributed by atoms with Crippen molar-refractivity contribution in [2.24, 2.45) is 5.16 Å². The van der Waals surface area contributed by atoms with Crippen LogP contribution in [-0.2, 0) is 19.2 Å². The number of nitrogens with two attached hydrogens (primary N) is 1. The molecule has 0 spiro atoms. The van der Waals surface area contributed by atoms with Gasteiger partial charge in [-0.3, -0.25) is 14.5 Å². The average molecular weight is 524 g/mol. The van der Waals surface area contributed by atoms with Crippen LogP contribution in [0.3, 0.4) is 0 Å². The van der Waals surface area contributed by atoms with Gasteiger partial charge in [-0.05, 0) is 5.57 Å². The van der Waals surface area contributed by atoms with Gasteiger partial charge < -0.3 is 21.0 Å². The number of nitrogens with zero attached hydrogens (tertiary/aromatic N) is 4. The maximum Gasteiger partial charge on any atom is 0.352 e. The number of nitrogen functional groups attached to an aromatic ring is 1. The number of halogens is 1. The summed E-state index contributed by atoms with van der Waals surface area (Å²) in [5.41, 5.74) is 5.96. The molecule has 0 radical (unpaired) electrons. The molecule has 1 aromatic heterocycles. The van der Waals surface area contributed by atoms with E-state index in [-0.39, 0.29) is 22.4 Å². The Hall–Kier alpha value is -1.94. The van der Waals surface area contributed by atoms with Crippen molar-refractivity contribution < 1.29 is 24.3 Å². The highest BCUT2D eigenvalue weighted by molar-refractivity contribution is 14.1. The first-order valence-corrected chi connectivity index (χ1v) is 10.7. The van der Waals surface area contributed by atoms with Crippen molar-refractivity contribution in [1.29, 1.82) is 0 Å². The van der Waals surface area contributed by atoms with Crippen LogP contribution in [0.15, 0.2) is 16.4 Å². The van der Waals surface area contributed by atoms with Crippen LogP contribution in [-0.4, -0.2) is 71.6 Å². The predicted molar refractivity (Wildman–Crippen MR) is 106 cm³/mol. The topological polar surface area (TPSA) is 160 Å². The van der Waals surface area contributed by atoms with Gasteiger partial charge in [0.2, 0.25) is 11.5 Å². The summed E-state index contributed by atoms with van der Waals surface area (Å²) in [5.74, 6) is -1.92. The highest BCUT2D eigenvalue weighted by Crippen LogP contribution is 2.40. The van der Waals surface area contributed by atoms with Gasteiger partial charge >= 0.3 is 5.97 Å². The van der Waals surface area contributed by atoms with Crippen LogP contribution in [0.5, 0.6) is 0 Å². The molecule has 3 heterocycles. The van der Waals surface area contributed by atoms with E-state index in [0.717, 1.165) is 11.5 Å². The second-order valence-electron chi connectivity index (χ2n) is 5.33.